The minimum Gasteiger partial charge on any atom is -0.464 e. The van der Waals surface area contributed by atoms with Crippen molar-refractivity contribution >= 4 is 47.5 Å². The number of hydrogen-bond donors (Lipinski definition) is 7. The van der Waals surface area contributed by atoms with Crippen molar-refractivity contribution in [2.24, 2.45) is 0 Å². The Kier molecular flexibility index (Phi) is 17.1. The number of alkyl carbamates (subject to hydrolysis) is 1. The molecular formula is C31H47N7O10. The third-order valence-corrected chi connectivity index (χ3v) is 6.70. The smallest absolute Gasteiger partial charge is 0.408 e. The fourth-order valence-corrected chi connectivity index (χ4v) is 3.69. The molecule has 7 N–H and O–H groups in total. The molecule has 0 bridgehead atoms. The van der Waals surface area contributed by atoms with Crippen LogP contribution in [-0.2, 0) is 49.6 Å². The Hall–Kier alpha value is -5.22. The van der Waals surface area contributed by atoms with E-state index in [1.165, 1.54) is 48.5 Å². The van der Waals surface area contributed by atoms with E-state index in [1.54, 1.807) is 31.2 Å². The fraction of sp³-hybridized carbons (Fsp3) is 0.548. The number of ether oxygens (including phenoxy) is 2. The van der Waals surface area contributed by atoms with Gasteiger partial charge in [-0.25, -0.2) is 9.59 Å². The SMILES string of the molecule is CCOC(=O)[C@@H](C)NC(=O)[C@@H](C)NC(=O)[C@@H](C)NC(=O)[C@@H](C)NC(=O)[C@@H](C)NC(=O)[C@@H](C)NC(=O)[C@@H](C)NC(=O)OCc1ccccc1. The average Bonchev–Trinajstić information content (AvgIpc) is 3.03. The second-order valence-corrected chi connectivity index (χ2v) is 11.1. The van der Waals surface area contributed by atoms with Gasteiger partial charge in [0.15, 0.2) is 0 Å². The number of esters is 1. The standard InChI is InChI=1S/C31H47N7O10/c1-9-47-30(45)22(8)37-28(43)20(6)35-26(41)18(4)33-24(39)16(2)32-25(40)17(3)34-27(42)19(5)36-29(44)21(7)38-31(46)48-15-23-13-11-10-12-14-23/h10-14,16-22H,9,15H2,1-8H3,(H,32,40)(H,33,39)(H,34,42)(H,35,41)(H,36,44)(H,37,43)(H,38,46)/t16-,17-,18-,19-,20-,21-,22-/m1/s1. The van der Waals surface area contributed by atoms with Gasteiger partial charge in [-0.1, -0.05) is 30.3 Å². The highest BCUT2D eigenvalue weighted by Crippen LogP contribution is 2.01. The molecule has 17 nitrogen and oxygen atoms in total. The summed E-state index contributed by atoms with van der Waals surface area (Å²) in [6.45, 7) is 11.5. The fourth-order valence-electron chi connectivity index (χ4n) is 3.69. The van der Waals surface area contributed by atoms with E-state index in [2.05, 4.69) is 37.2 Å². The maximum absolute atomic E-state index is 12.6. The van der Waals surface area contributed by atoms with Gasteiger partial charge in [0.25, 0.3) is 0 Å². The Balaban J connectivity index is 2.49. The summed E-state index contributed by atoms with van der Waals surface area (Å²) in [6, 6.07) is 1.51. The van der Waals surface area contributed by atoms with Crippen molar-refractivity contribution in [3.05, 3.63) is 35.9 Å². The van der Waals surface area contributed by atoms with Gasteiger partial charge in [-0.2, -0.15) is 0 Å². The Morgan fingerprint density at radius 1 is 0.479 bits per heavy atom. The Morgan fingerprint density at radius 3 is 1.12 bits per heavy atom. The number of carbonyl (C=O) groups is 8. The van der Waals surface area contributed by atoms with Gasteiger partial charge < -0.3 is 46.7 Å². The van der Waals surface area contributed by atoms with Crippen molar-refractivity contribution in [1.82, 2.24) is 37.2 Å². The van der Waals surface area contributed by atoms with Crippen LogP contribution in [0.4, 0.5) is 4.79 Å². The summed E-state index contributed by atoms with van der Waals surface area (Å²) in [7, 11) is 0. The van der Waals surface area contributed by atoms with E-state index in [1.807, 2.05) is 6.07 Å². The first-order chi connectivity index (χ1) is 22.5. The molecule has 7 amide bonds. The summed E-state index contributed by atoms with van der Waals surface area (Å²) in [5, 5.41) is 16.9. The third kappa shape index (κ3) is 14.5. The molecule has 0 heterocycles. The van der Waals surface area contributed by atoms with Gasteiger partial charge in [0.1, 0.15) is 48.9 Å². The molecule has 0 fully saturated rings. The highest BCUT2D eigenvalue weighted by Gasteiger charge is 2.28. The van der Waals surface area contributed by atoms with Crippen LogP contribution in [-0.4, -0.2) is 96.4 Å². The summed E-state index contributed by atoms with van der Waals surface area (Å²) in [5.74, 6) is -4.79. The van der Waals surface area contributed by atoms with Crippen LogP contribution in [0.3, 0.4) is 0 Å². The van der Waals surface area contributed by atoms with Gasteiger partial charge in [0.2, 0.25) is 35.4 Å². The molecule has 1 aromatic rings. The molecule has 0 spiro atoms. The van der Waals surface area contributed by atoms with E-state index in [0.29, 0.717) is 0 Å². The summed E-state index contributed by atoms with van der Waals surface area (Å²) >= 11 is 0. The van der Waals surface area contributed by atoms with Crippen LogP contribution in [0.1, 0.15) is 61.0 Å². The van der Waals surface area contributed by atoms with Gasteiger partial charge in [0.05, 0.1) is 6.61 Å². The zero-order valence-corrected chi connectivity index (χ0v) is 28.4. The molecule has 1 aromatic carbocycles. The molecule has 0 aliphatic carbocycles. The molecule has 0 unspecified atom stereocenters. The Morgan fingerprint density at radius 2 is 0.792 bits per heavy atom. The molecule has 0 radical (unpaired) electrons. The predicted octanol–water partition coefficient (Wildman–Crippen LogP) is -1.11. The van der Waals surface area contributed by atoms with E-state index < -0.39 is 89.8 Å². The molecule has 0 aliphatic rings. The summed E-state index contributed by atoms with van der Waals surface area (Å²) in [4.78, 5) is 98.9. The largest absolute Gasteiger partial charge is 0.464 e. The van der Waals surface area contributed by atoms with Crippen molar-refractivity contribution in [2.75, 3.05) is 6.61 Å². The molecule has 0 aliphatic heterocycles. The zero-order chi connectivity index (χ0) is 36.6. The van der Waals surface area contributed by atoms with Crippen LogP contribution in [0.25, 0.3) is 0 Å². The number of amides is 7. The maximum atomic E-state index is 12.6. The van der Waals surface area contributed by atoms with Crippen molar-refractivity contribution in [2.45, 2.75) is 104 Å². The Labute approximate surface area is 279 Å². The quantitative estimate of drug-likeness (QED) is 0.0982. The third-order valence-electron chi connectivity index (χ3n) is 6.70. The number of hydrogen-bond acceptors (Lipinski definition) is 10. The van der Waals surface area contributed by atoms with E-state index in [-0.39, 0.29) is 13.2 Å². The number of benzene rings is 1. The van der Waals surface area contributed by atoms with Gasteiger partial charge in [0, 0.05) is 0 Å². The normalized spacial score (nSPS) is 14.9. The predicted molar refractivity (Wildman–Crippen MR) is 171 cm³/mol. The Bertz CT molecular complexity index is 1310. The lowest BCUT2D eigenvalue weighted by Gasteiger charge is -2.23. The highest BCUT2D eigenvalue weighted by molar-refractivity contribution is 5.96. The minimum absolute atomic E-state index is 0.00807. The molecule has 1 rings (SSSR count). The molecule has 7 atom stereocenters. The van der Waals surface area contributed by atoms with Crippen LogP contribution in [0.5, 0.6) is 0 Å². The first kappa shape index (κ1) is 40.8. The zero-order valence-electron chi connectivity index (χ0n) is 28.4. The summed E-state index contributed by atoms with van der Waals surface area (Å²) < 4.78 is 9.90. The molecule has 0 saturated carbocycles. The second kappa shape index (κ2) is 20.1. The molecule has 17 heteroatoms. The van der Waals surface area contributed by atoms with Crippen molar-refractivity contribution in [1.29, 1.82) is 0 Å². The molecule has 0 aromatic heterocycles. The number of nitrogens with one attached hydrogen (secondary N) is 7. The number of rotatable bonds is 17. The molecule has 0 saturated heterocycles. The van der Waals surface area contributed by atoms with Gasteiger partial charge in [-0.15, -0.1) is 0 Å². The van der Waals surface area contributed by atoms with Crippen LogP contribution >= 0.6 is 0 Å². The lowest BCUT2D eigenvalue weighted by molar-refractivity contribution is -0.147. The van der Waals surface area contributed by atoms with E-state index in [4.69, 9.17) is 9.47 Å². The second-order valence-electron chi connectivity index (χ2n) is 11.1. The topological polar surface area (TPSA) is 239 Å². The van der Waals surface area contributed by atoms with Crippen molar-refractivity contribution in [3.63, 3.8) is 0 Å². The monoisotopic (exact) mass is 677 g/mol. The maximum Gasteiger partial charge on any atom is 0.408 e. The summed E-state index contributed by atoms with van der Waals surface area (Å²) in [5.41, 5.74) is 0.762. The molecule has 266 valence electrons. The van der Waals surface area contributed by atoms with Crippen LogP contribution in [0.2, 0.25) is 0 Å². The molecular weight excluding hydrogens is 630 g/mol. The average molecular weight is 678 g/mol. The van der Waals surface area contributed by atoms with E-state index in [9.17, 15) is 38.4 Å². The summed E-state index contributed by atoms with van der Waals surface area (Å²) in [6.07, 6.45) is -0.823. The number of carbonyl (C=O) groups excluding carboxylic acids is 8. The lowest BCUT2D eigenvalue weighted by Crippen LogP contribution is -2.57. The van der Waals surface area contributed by atoms with Crippen molar-refractivity contribution < 1.29 is 47.8 Å². The van der Waals surface area contributed by atoms with E-state index >= 15 is 0 Å². The highest BCUT2D eigenvalue weighted by atomic mass is 16.5. The minimum atomic E-state index is -1.12. The van der Waals surface area contributed by atoms with Gasteiger partial charge in [-0.3, -0.25) is 28.8 Å². The van der Waals surface area contributed by atoms with Crippen LogP contribution < -0.4 is 37.2 Å². The first-order valence-corrected chi connectivity index (χ1v) is 15.4. The van der Waals surface area contributed by atoms with Gasteiger partial charge >= 0.3 is 12.1 Å². The van der Waals surface area contributed by atoms with Gasteiger partial charge in [-0.05, 0) is 61.0 Å². The lowest BCUT2D eigenvalue weighted by atomic mass is 10.2. The van der Waals surface area contributed by atoms with Crippen LogP contribution in [0, 0.1) is 0 Å². The van der Waals surface area contributed by atoms with E-state index in [0.717, 1.165) is 5.56 Å². The van der Waals surface area contributed by atoms with Crippen LogP contribution in [0.15, 0.2) is 30.3 Å². The molecule has 48 heavy (non-hydrogen) atoms. The first-order valence-electron chi connectivity index (χ1n) is 15.4. The van der Waals surface area contributed by atoms with Crippen molar-refractivity contribution in [3.8, 4) is 0 Å².